The molecule has 0 aliphatic rings. The van der Waals surface area contributed by atoms with Crippen LogP contribution in [-0.2, 0) is 11.8 Å². The lowest BCUT2D eigenvalue weighted by atomic mass is 9.97. The Kier molecular flexibility index (Phi) is 5.24. The Balaban J connectivity index is 1.92. The molecule has 0 saturated carbocycles. The number of halogens is 2. The molecule has 1 aromatic carbocycles. The molecule has 1 heterocycles. The van der Waals surface area contributed by atoms with E-state index >= 15 is 0 Å². The first-order valence-corrected chi connectivity index (χ1v) is 8.01. The molecule has 0 spiro atoms. The molecule has 118 valence electrons. The van der Waals surface area contributed by atoms with Gasteiger partial charge in [0.2, 0.25) is 5.89 Å². The number of amides is 1. The summed E-state index contributed by atoms with van der Waals surface area (Å²) >= 11 is 9.34. The van der Waals surface area contributed by atoms with Crippen LogP contribution in [0.25, 0.3) is 0 Å². The van der Waals surface area contributed by atoms with E-state index in [2.05, 4.69) is 31.4 Å². The Bertz CT molecular complexity index is 680. The molecule has 0 atom stereocenters. The molecule has 0 unspecified atom stereocenters. The number of aromatic nitrogens is 2. The Morgan fingerprint density at radius 1 is 1.41 bits per heavy atom. The quantitative estimate of drug-likeness (QED) is 0.869. The molecule has 1 aromatic heterocycles. The molecular weight excluding hydrogens is 370 g/mol. The number of carbonyl (C=O) groups excluding carboxylic acids is 1. The molecule has 1 amide bonds. The fourth-order valence-electron chi connectivity index (χ4n) is 1.71. The molecule has 1 N–H and O–H groups in total. The van der Waals surface area contributed by atoms with Crippen LogP contribution in [0, 0.1) is 0 Å². The van der Waals surface area contributed by atoms with Crippen LogP contribution in [0.1, 0.15) is 42.8 Å². The van der Waals surface area contributed by atoms with Crippen LogP contribution in [0.15, 0.2) is 27.2 Å². The van der Waals surface area contributed by atoms with Gasteiger partial charge in [0.1, 0.15) is 0 Å². The van der Waals surface area contributed by atoms with Gasteiger partial charge in [-0.3, -0.25) is 4.79 Å². The van der Waals surface area contributed by atoms with Crippen molar-refractivity contribution < 1.29 is 9.32 Å². The number of carbonyl (C=O) groups is 1. The lowest BCUT2D eigenvalue weighted by molar-refractivity contribution is 0.0954. The first-order valence-electron chi connectivity index (χ1n) is 6.83. The van der Waals surface area contributed by atoms with E-state index in [-0.39, 0.29) is 11.3 Å². The van der Waals surface area contributed by atoms with Gasteiger partial charge in [-0.15, -0.1) is 0 Å². The second-order valence-electron chi connectivity index (χ2n) is 5.90. The largest absolute Gasteiger partial charge is 0.352 e. The van der Waals surface area contributed by atoms with Crippen molar-refractivity contribution >= 4 is 33.4 Å². The first-order chi connectivity index (χ1) is 10.3. The number of hydrogen-bond acceptors (Lipinski definition) is 4. The van der Waals surface area contributed by atoms with Crippen LogP contribution in [0.5, 0.6) is 0 Å². The van der Waals surface area contributed by atoms with Crippen molar-refractivity contribution in [1.82, 2.24) is 15.5 Å². The zero-order valence-electron chi connectivity index (χ0n) is 12.6. The lowest BCUT2D eigenvalue weighted by Gasteiger charge is -2.10. The normalized spacial score (nSPS) is 11.5. The van der Waals surface area contributed by atoms with E-state index in [0.717, 1.165) is 4.47 Å². The molecule has 7 heteroatoms. The molecule has 2 aromatic rings. The Morgan fingerprint density at radius 2 is 2.14 bits per heavy atom. The maximum absolute atomic E-state index is 12.1. The minimum Gasteiger partial charge on any atom is -0.352 e. The third kappa shape index (κ3) is 4.30. The van der Waals surface area contributed by atoms with Crippen LogP contribution >= 0.6 is 27.5 Å². The third-order valence-electron chi connectivity index (χ3n) is 2.92. The summed E-state index contributed by atoms with van der Waals surface area (Å²) in [6.45, 7) is 6.41. The molecule has 2 rings (SSSR count). The van der Waals surface area contributed by atoms with Crippen LogP contribution in [-0.4, -0.2) is 22.6 Å². The smallest absolute Gasteiger partial charge is 0.252 e. The zero-order valence-corrected chi connectivity index (χ0v) is 15.0. The van der Waals surface area contributed by atoms with Gasteiger partial charge in [0.15, 0.2) is 5.82 Å². The summed E-state index contributed by atoms with van der Waals surface area (Å²) in [6, 6.07) is 5.14. The van der Waals surface area contributed by atoms with Crippen LogP contribution < -0.4 is 5.32 Å². The van der Waals surface area contributed by atoms with Gasteiger partial charge in [-0.05, 0) is 18.2 Å². The average molecular weight is 387 g/mol. The second-order valence-corrected chi connectivity index (χ2v) is 7.22. The fraction of sp³-hybridized carbons (Fsp3) is 0.400. The lowest BCUT2D eigenvalue weighted by Crippen LogP contribution is -2.26. The van der Waals surface area contributed by atoms with Gasteiger partial charge in [-0.2, -0.15) is 4.98 Å². The second kappa shape index (κ2) is 6.79. The topological polar surface area (TPSA) is 68.0 Å². The van der Waals surface area contributed by atoms with Gasteiger partial charge in [0.05, 0.1) is 10.6 Å². The van der Waals surface area contributed by atoms with Crippen molar-refractivity contribution in [2.75, 3.05) is 6.54 Å². The SMILES string of the molecule is CC(C)(C)c1nc(CCNC(=O)c2cc(Br)ccc2Cl)no1. The van der Waals surface area contributed by atoms with E-state index in [1.165, 1.54) is 0 Å². The molecule has 0 aliphatic heterocycles. The molecule has 0 aliphatic carbocycles. The van der Waals surface area contributed by atoms with Crippen LogP contribution in [0.4, 0.5) is 0 Å². The Labute approximate surface area is 142 Å². The standard InChI is InChI=1S/C15H17BrClN3O2/c1-15(2,3)14-19-12(20-22-14)6-7-18-13(21)10-8-9(16)4-5-11(10)17/h4-5,8H,6-7H2,1-3H3,(H,18,21). The van der Waals surface area contributed by atoms with Crippen molar-refractivity contribution in [2.24, 2.45) is 0 Å². The molecule has 0 radical (unpaired) electrons. The number of nitrogens with zero attached hydrogens (tertiary/aromatic N) is 2. The zero-order chi connectivity index (χ0) is 16.3. The summed E-state index contributed by atoms with van der Waals surface area (Å²) in [5, 5.41) is 7.12. The van der Waals surface area contributed by atoms with E-state index in [4.69, 9.17) is 16.1 Å². The van der Waals surface area contributed by atoms with Gasteiger partial charge in [-0.1, -0.05) is 53.5 Å². The summed E-state index contributed by atoms with van der Waals surface area (Å²) in [5.41, 5.74) is 0.248. The average Bonchev–Trinajstić information content (AvgIpc) is 2.90. The Hall–Kier alpha value is -1.40. The van der Waals surface area contributed by atoms with Crippen molar-refractivity contribution in [2.45, 2.75) is 32.6 Å². The molecular formula is C15H17BrClN3O2. The summed E-state index contributed by atoms with van der Waals surface area (Å²) < 4.78 is 6.01. The van der Waals surface area contributed by atoms with Crippen molar-refractivity contribution in [3.63, 3.8) is 0 Å². The summed E-state index contributed by atoms with van der Waals surface area (Å²) in [7, 11) is 0. The highest BCUT2D eigenvalue weighted by Gasteiger charge is 2.21. The number of benzene rings is 1. The van der Waals surface area contributed by atoms with Gasteiger partial charge >= 0.3 is 0 Å². The molecule has 22 heavy (non-hydrogen) atoms. The van der Waals surface area contributed by atoms with Gasteiger partial charge in [-0.25, -0.2) is 0 Å². The summed E-state index contributed by atoms with van der Waals surface area (Å²) in [6.07, 6.45) is 0.497. The highest BCUT2D eigenvalue weighted by atomic mass is 79.9. The van der Waals surface area contributed by atoms with Gasteiger partial charge in [0, 0.05) is 22.9 Å². The van der Waals surface area contributed by atoms with Crippen molar-refractivity contribution in [3.05, 3.63) is 45.0 Å². The predicted molar refractivity (Wildman–Crippen MR) is 88.2 cm³/mol. The number of hydrogen-bond donors (Lipinski definition) is 1. The van der Waals surface area contributed by atoms with E-state index in [0.29, 0.717) is 35.3 Å². The van der Waals surface area contributed by atoms with Crippen molar-refractivity contribution in [1.29, 1.82) is 0 Å². The molecule has 0 bridgehead atoms. The Morgan fingerprint density at radius 3 is 2.77 bits per heavy atom. The molecule has 0 fully saturated rings. The maximum Gasteiger partial charge on any atom is 0.252 e. The van der Waals surface area contributed by atoms with Crippen LogP contribution in [0.2, 0.25) is 5.02 Å². The van der Waals surface area contributed by atoms with E-state index in [9.17, 15) is 4.79 Å². The monoisotopic (exact) mass is 385 g/mol. The summed E-state index contributed by atoms with van der Waals surface area (Å²) in [5.74, 6) is 0.931. The van der Waals surface area contributed by atoms with E-state index in [1.54, 1.807) is 18.2 Å². The summed E-state index contributed by atoms with van der Waals surface area (Å²) in [4.78, 5) is 16.4. The van der Waals surface area contributed by atoms with E-state index < -0.39 is 0 Å². The minimum atomic E-state index is -0.231. The minimum absolute atomic E-state index is 0.182. The fourth-order valence-corrected chi connectivity index (χ4v) is 2.28. The number of nitrogens with one attached hydrogen (secondary N) is 1. The molecule has 5 nitrogen and oxygen atoms in total. The van der Waals surface area contributed by atoms with Gasteiger partial charge < -0.3 is 9.84 Å². The highest BCUT2D eigenvalue weighted by Crippen LogP contribution is 2.21. The van der Waals surface area contributed by atoms with Crippen molar-refractivity contribution in [3.8, 4) is 0 Å². The predicted octanol–water partition coefficient (Wildman–Crippen LogP) is 3.76. The third-order valence-corrected chi connectivity index (χ3v) is 3.74. The molecule has 0 saturated heterocycles. The van der Waals surface area contributed by atoms with E-state index in [1.807, 2.05) is 20.8 Å². The number of rotatable bonds is 4. The van der Waals surface area contributed by atoms with Crippen LogP contribution in [0.3, 0.4) is 0 Å². The maximum atomic E-state index is 12.1. The highest BCUT2D eigenvalue weighted by molar-refractivity contribution is 9.10. The van der Waals surface area contributed by atoms with Gasteiger partial charge in [0.25, 0.3) is 5.91 Å². The first kappa shape index (κ1) is 17.0.